The lowest BCUT2D eigenvalue weighted by molar-refractivity contribution is -0.139. The van der Waals surface area contributed by atoms with Gasteiger partial charge in [-0.05, 0) is 49.3 Å². The van der Waals surface area contributed by atoms with Gasteiger partial charge in [-0.1, -0.05) is 25.5 Å². The lowest BCUT2D eigenvalue weighted by Gasteiger charge is -2.20. The summed E-state index contributed by atoms with van der Waals surface area (Å²) in [6.45, 7) is 1.89. The summed E-state index contributed by atoms with van der Waals surface area (Å²) < 4.78 is 0. The molecule has 5 heteroatoms. The van der Waals surface area contributed by atoms with Crippen molar-refractivity contribution in [1.29, 1.82) is 0 Å². The zero-order valence-electron chi connectivity index (χ0n) is 12.3. The van der Waals surface area contributed by atoms with E-state index in [9.17, 15) is 9.59 Å². The third-order valence-corrected chi connectivity index (χ3v) is 3.82. The van der Waals surface area contributed by atoms with Crippen LogP contribution in [-0.2, 0) is 17.6 Å². The third kappa shape index (κ3) is 3.97. The Morgan fingerprint density at radius 3 is 2.76 bits per heavy atom. The van der Waals surface area contributed by atoms with Crippen molar-refractivity contribution in [2.45, 2.75) is 51.5 Å². The Morgan fingerprint density at radius 2 is 2.05 bits per heavy atom. The SMILES string of the molecule is CCCC(NC(=O)Nc1cccc2c1CCCC2)C(=O)O. The van der Waals surface area contributed by atoms with E-state index in [1.807, 2.05) is 19.1 Å². The second-order valence-corrected chi connectivity index (χ2v) is 5.43. The molecule has 1 aromatic carbocycles. The van der Waals surface area contributed by atoms with Gasteiger partial charge in [-0.15, -0.1) is 0 Å². The number of aryl methyl sites for hydroxylation is 1. The fourth-order valence-corrected chi connectivity index (χ4v) is 2.76. The second-order valence-electron chi connectivity index (χ2n) is 5.43. The number of hydrogen-bond donors (Lipinski definition) is 3. The summed E-state index contributed by atoms with van der Waals surface area (Å²) in [6, 6.07) is 4.61. The number of hydrogen-bond acceptors (Lipinski definition) is 2. The van der Waals surface area contributed by atoms with Gasteiger partial charge in [0.1, 0.15) is 6.04 Å². The fraction of sp³-hybridized carbons (Fsp3) is 0.500. The molecule has 1 atom stereocenters. The molecule has 1 unspecified atom stereocenters. The highest BCUT2D eigenvalue weighted by molar-refractivity contribution is 5.93. The van der Waals surface area contributed by atoms with Crippen molar-refractivity contribution >= 4 is 17.7 Å². The molecule has 0 aromatic heterocycles. The van der Waals surface area contributed by atoms with E-state index in [0.29, 0.717) is 12.8 Å². The van der Waals surface area contributed by atoms with Crippen LogP contribution >= 0.6 is 0 Å². The number of anilines is 1. The minimum atomic E-state index is -0.998. The van der Waals surface area contributed by atoms with Crippen molar-refractivity contribution in [1.82, 2.24) is 5.32 Å². The number of carboxylic acid groups (broad SMARTS) is 1. The number of benzene rings is 1. The van der Waals surface area contributed by atoms with Gasteiger partial charge in [0.25, 0.3) is 0 Å². The number of urea groups is 1. The number of carboxylic acids is 1. The molecule has 5 nitrogen and oxygen atoms in total. The maximum absolute atomic E-state index is 12.0. The first-order chi connectivity index (χ1) is 10.1. The molecule has 0 bridgehead atoms. The van der Waals surface area contributed by atoms with Gasteiger partial charge in [-0.25, -0.2) is 9.59 Å². The van der Waals surface area contributed by atoms with Crippen LogP contribution < -0.4 is 10.6 Å². The molecule has 3 N–H and O–H groups in total. The molecule has 0 spiro atoms. The molecule has 2 amide bonds. The standard InChI is InChI=1S/C16H22N2O3/c1-2-6-14(15(19)20)18-16(21)17-13-10-5-8-11-7-3-4-9-12(11)13/h5,8,10,14H,2-4,6-7,9H2,1H3,(H,19,20)(H2,17,18,21). The summed E-state index contributed by atoms with van der Waals surface area (Å²) in [5.41, 5.74) is 3.26. The average molecular weight is 290 g/mol. The first-order valence-corrected chi connectivity index (χ1v) is 7.53. The van der Waals surface area contributed by atoms with Gasteiger partial charge in [0.15, 0.2) is 0 Å². The predicted molar refractivity (Wildman–Crippen MR) is 81.6 cm³/mol. The summed E-state index contributed by atoms with van der Waals surface area (Å²) in [5.74, 6) is -0.998. The average Bonchev–Trinajstić information content (AvgIpc) is 2.47. The highest BCUT2D eigenvalue weighted by atomic mass is 16.4. The zero-order chi connectivity index (χ0) is 15.2. The summed E-state index contributed by atoms with van der Waals surface area (Å²) >= 11 is 0. The molecule has 0 fully saturated rings. The van der Waals surface area contributed by atoms with Crippen molar-refractivity contribution < 1.29 is 14.7 Å². The van der Waals surface area contributed by atoms with E-state index in [1.54, 1.807) is 0 Å². The van der Waals surface area contributed by atoms with E-state index < -0.39 is 18.0 Å². The highest BCUT2D eigenvalue weighted by Crippen LogP contribution is 2.27. The Hall–Kier alpha value is -2.04. The number of fused-ring (bicyclic) bond motifs is 1. The largest absolute Gasteiger partial charge is 0.480 e. The molecule has 21 heavy (non-hydrogen) atoms. The van der Waals surface area contributed by atoms with Crippen LogP contribution in [0.2, 0.25) is 0 Å². The third-order valence-electron chi connectivity index (χ3n) is 3.82. The molecular formula is C16H22N2O3. The van der Waals surface area contributed by atoms with E-state index in [0.717, 1.165) is 24.9 Å². The molecule has 0 radical (unpaired) electrons. The summed E-state index contributed by atoms with van der Waals surface area (Å²) in [4.78, 5) is 23.1. The molecule has 114 valence electrons. The quantitative estimate of drug-likeness (QED) is 0.780. The van der Waals surface area contributed by atoms with Crippen LogP contribution in [0.5, 0.6) is 0 Å². The first-order valence-electron chi connectivity index (χ1n) is 7.53. The van der Waals surface area contributed by atoms with E-state index >= 15 is 0 Å². The number of carbonyl (C=O) groups is 2. The van der Waals surface area contributed by atoms with Crippen molar-refractivity contribution in [3.8, 4) is 0 Å². The molecule has 0 saturated heterocycles. The van der Waals surface area contributed by atoms with Crippen molar-refractivity contribution in [3.63, 3.8) is 0 Å². The minimum Gasteiger partial charge on any atom is -0.480 e. The maximum Gasteiger partial charge on any atom is 0.326 e. The van der Waals surface area contributed by atoms with Gasteiger partial charge in [-0.2, -0.15) is 0 Å². The Labute approximate surface area is 124 Å². The van der Waals surface area contributed by atoms with E-state index in [-0.39, 0.29) is 0 Å². The molecular weight excluding hydrogens is 268 g/mol. The lowest BCUT2D eigenvalue weighted by Crippen LogP contribution is -2.43. The van der Waals surface area contributed by atoms with E-state index in [2.05, 4.69) is 16.7 Å². The molecule has 1 aliphatic carbocycles. The molecule has 0 heterocycles. The van der Waals surface area contributed by atoms with Crippen LogP contribution in [-0.4, -0.2) is 23.1 Å². The second kappa shape index (κ2) is 7.11. The van der Waals surface area contributed by atoms with Gasteiger partial charge >= 0.3 is 12.0 Å². The van der Waals surface area contributed by atoms with Crippen molar-refractivity contribution in [3.05, 3.63) is 29.3 Å². The maximum atomic E-state index is 12.0. The predicted octanol–water partition coefficient (Wildman–Crippen LogP) is 2.94. The molecule has 0 aliphatic heterocycles. The Kier molecular flexibility index (Phi) is 5.20. The van der Waals surface area contributed by atoms with Crippen LogP contribution in [0.25, 0.3) is 0 Å². The van der Waals surface area contributed by atoms with Crippen LogP contribution in [0.1, 0.15) is 43.7 Å². The smallest absolute Gasteiger partial charge is 0.326 e. The Balaban J connectivity index is 2.04. The Morgan fingerprint density at radius 1 is 1.29 bits per heavy atom. The summed E-state index contributed by atoms with van der Waals surface area (Å²) in [7, 11) is 0. The van der Waals surface area contributed by atoms with Crippen LogP contribution in [0.15, 0.2) is 18.2 Å². The number of rotatable bonds is 5. The monoisotopic (exact) mass is 290 g/mol. The Bertz CT molecular complexity index is 528. The van der Waals surface area contributed by atoms with Crippen molar-refractivity contribution in [2.75, 3.05) is 5.32 Å². The molecule has 1 aliphatic rings. The number of amides is 2. The summed E-state index contributed by atoms with van der Waals surface area (Å²) in [6.07, 6.45) is 5.44. The topological polar surface area (TPSA) is 78.4 Å². The number of carbonyl (C=O) groups excluding carboxylic acids is 1. The van der Waals surface area contributed by atoms with Gasteiger partial charge in [-0.3, -0.25) is 0 Å². The molecule has 2 rings (SSSR count). The van der Waals surface area contributed by atoms with Crippen LogP contribution in [0.3, 0.4) is 0 Å². The van der Waals surface area contributed by atoms with E-state index in [4.69, 9.17) is 5.11 Å². The normalized spacial score (nSPS) is 14.9. The molecule has 0 saturated carbocycles. The van der Waals surface area contributed by atoms with Crippen LogP contribution in [0.4, 0.5) is 10.5 Å². The van der Waals surface area contributed by atoms with Gasteiger partial charge in [0, 0.05) is 5.69 Å². The lowest BCUT2D eigenvalue weighted by atomic mass is 9.90. The van der Waals surface area contributed by atoms with Gasteiger partial charge < -0.3 is 15.7 Å². The van der Waals surface area contributed by atoms with Gasteiger partial charge in [0.05, 0.1) is 0 Å². The molecule has 1 aromatic rings. The van der Waals surface area contributed by atoms with Gasteiger partial charge in [0.2, 0.25) is 0 Å². The number of aliphatic carboxylic acids is 1. The minimum absolute atomic E-state index is 0.426. The van der Waals surface area contributed by atoms with E-state index in [1.165, 1.54) is 17.5 Å². The van der Waals surface area contributed by atoms with Crippen molar-refractivity contribution in [2.24, 2.45) is 0 Å². The summed E-state index contributed by atoms with van der Waals surface area (Å²) in [5, 5.41) is 14.4. The zero-order valence-corrected chi connectivity index (χ0v) is 12.3. The highest BCUT2D eigenvalue weighted by Gasteiger charge is 2.20. The number of nitrogens with one attached hydrogen (secondary N) is 2. The fourth-order valence-electron chi connectivity index (χ4n) is 2.76. The first kappa shape index (κ1) is 15.4. The van der Waals surface area contributed by atoms with Crippen LogP contribution in [0, 0.1) is 0 Å².